The van der Waals surface area contributed by atoms with Gasteiger partial charge in [-0.3, -0.25) is 4.79 Å². The maximum atomic E-state index is 12.1. The van der Waals surface area contributed by atoms with Crippen molar-refractivity contribution < 1.29 is 4.74 Å². The molecule has 0 atom stereocenters. The summed E-state index contributed by atoms with van der Waals surface area (Å²) in [5, 5.41) is 4.68. The first-order valence-electron chi connectivity index (χ1n) is 5.30. The summed E-state index contributed by atoms with van der Waals surface area (Å²) >= 11 is 11.8. The molecule has 6 heteroatoms. The number of rotatable bonds is 3. The average Bonchev–Trinajstić information content (AvgIpc) is 2.34. The van der Waals surface area contributed by atoms with Gasteiger partial charge in [-0.15, -0.1) is 0 Å². The lowest BCUT2D eigenvalue weighted by molar-refractivity contribution is 0.332. The summed E-state index contributed by atoms with van der Waals surface area (Å²) in [5.41, 5.74) is 0.150. The maximum Gasteiger partial charge on any atom is 0.315 e. The van der Waals surface area contributed by atoms with E-state index in [4.69, 9.17) is 27.9 Å². The van der Waals surface area contributed by atoms with Gasteiger partial charge < -0.3 is 4.74 Å². The molecule has 0 aliphatic rings. The molecule has 0 saturated heterocycles. The molecule has 2 rings (SSSR count). The SMILES string of the molecule is CCOc1c(Cl)cnn(-c2cccc(Cl)c2)c1=O. The predicted octanol–water partition coefficient (Wildman–Crippen LogP) is 2.94. The number of benzene rings is 1. The zero-order valence-corrected chi connectivity index (χ0v) is 11.1. The molecule has 4 nitrogen and oxygen atoms in total. The van der Waals surface area contributed by atoms with E-state index in [0.29, 0.717) is 17.3 Å². The van der Waals surface area contributed by atoms with Gasteiger partial charge >= 0.3 is 5.56 Å². The van der Waals surface area contributed by atoms with E-state index in [9.17, 15) is 4.79 Å². The molecule has 1 aromatic heterocycles. The molecule has 0 spiro atoms. The Morgan fingerprint density at radius 2 is 2.17 bits per heavy atom. The molecule has 1 heterocycles. The standard InChI is InChI=1S/C12H10Cl2N2O2/c1-2-18-11-10(14)7-15-16(12(11)17)9-5-3-4-8(13)6-9/h3-7H,2H2,1H3. The molecule has 94 valence electrons. The number of hydrogen-bond acceptors (Lipinski definition) is 3. The van der Waals surface area contributed by atoms with E-state index in [1.54, 1.807) is 31.2 Å². The van der Waals surface area contributed by atoms with Crippen LogP contribution in [-0.2, 0) is 0 Å². The first-order valence-corrected chi connectivity index (χ1v) is 6.05. The number of ether oxygens (including phenoxy) is 1. The highest BCUT2D eigenvalue weighted by atomic mass is 35.5. The third-order valence-corrected chi connectivity index (χ3v) is 2.74. The average molecular weight is 285 g/mol. The van der Waals surface area contributed by atoms with Crippen molar-refractivity contribution in [2.24, 2.45) is 0 Å². The molecule has 0 saturated carbocycles. The Balaban J connectivity index is 2.59. The fourth-order valence-electron chi connectivity index (χ4n) is 1.48. The molecule has 0 bridgehead atoms. The summed E-state index contributed by atoms with van der Waals surface area (Å²) in [4.78, 5) is 12.1. The van der Waals surface area contributed by atoms with Crippen LogP contribution in [0.5, 0.6) is 5.75 Å². The van der Waals surface area contributed by atoms with Gasteiger partial charge in [0.1, 0.15) is 5.02 Å². The van der Waals surface area contributed by atoms with E-state index in [1.807, 2.05) is 0 Å². The summed E-state index contributed by atoms with van der Waals surface area (Å²) in [5.74, 6) is 0.0918. The van der Waals surface area contributed by atoms with Crippen LogP contribution in [0.25, 0.3) is 5.69 Å². The molecule has 0 aliphatic carbocycles. The smallest absolute Gasteiger partial charge is 0.315 e. The summed E-state index contributed by atoms with van der Waals surface area (Å²) in [6, 6.07) is 6.82. The predicted molar refractivity (Wildman–Crippen MR) is 71.0 cm³/mol. The Hall–Kier alpha value is -1.52. The van der Waals surface area contributed by atoms with E-state index in [0.717, 1.165) is 0 Å². The van der Waals surface area contributed by atoms with Gasteiger partial charge in [0, 0.05) is 5.02 Å². The number of halogens is 2. The van der Waals surface area contributed by atoms with Gasteiger partial charge in [-0.25, -0.2) is 0 Å². The third-order valence-electron chi connectivity index (χ3n) is 2.23. The van der Waals surface area contributed by atoms with Crippen molar-refractivity contribution in [3.05, 3.63) is 50.9 Å². The second kappa shape index (κ2) is 5.42. The first kappa shape index (κ1) is 12.9. The Morgan fingerprint density at radius 3 is 2.83 bits per heavy atom. The molecule has 1 aromatic carbocycles. The lowest BCUT2D eigenvalue weighted by atomic mass is 10.3. The molecule has 0 aliphatic heterocycles. The normalized spacial score (nSPS) is 10.4. The largest absolute Gasteiger partial charge is 0.487 e. The van der Waals surface area contributed by atoms with Crippen molar-refractivity contribution >= 4 is 23.2 Å². The minimum Gasteiger partial charge on any atom is -0.487 e. The van der Waals surface area contributed by atoms with Crippen molar-refractivity contribution in [2.45, 2.75) is 6.92 Å². The van der Waals surface area contributed by atoms with Gasteiger partial charge in [0.15, 0.2) is 0 Å². The van der Waals surface area contributed by atoms with Crippen LogP contribution in [0.3, 0.4) is 0 Å². The Bertz CT molecular complexity index is 626. The van der Waals surface area contributed by atoms with Crippen molar-refractivity contribution in [1.29, 1.82) is 0 Å². The zero-order valence-electron chi connectivity index (χ0n) is 9.56. The van der Waals surface area contributed by atoms with Gasteiger partial charge in [0.25, 0.3) is 0 Å². The molecule has 0 N–H and O–H groups in total. The van der Waals surface area contributed by atoms with Crippen molar-refractivity contribution in [2.75, 3.05) is 6.61 Å². The van der Waals surface area contributed by atoms with E-state index >= 15 is 0 Å². The highest BCUT2D eigenvalue weighted by Crippen LogP contribution is 2.19. The lowest BCUT2D eigenvalue weighted by Crippen LogP contribution is -2.23. The zero-order chi connectivity index (χ0) is 13.1. The van der Waals surface area contributed by atoms with Crippen LogP contribution in [-0.4, -0.2) is 16.4 Å². The van der Waals surface area contributed by atoms with Crippen molar-refractivity contribution in [1.82, 2.24) is 9.78 Å². The van der Waals surface area contributed by atoms with Crippen LogP contribution in [0.2, 0.25) is 10.0 Å². The number of hydrogen-bond donors (Lipinski definition) is 0. The van der Waals surface area contributed by atoms with Gasteiger partial charge in [-0.2, -0.15) is 9.78 Å². The van der Waals surface area contributed by atoms with Gasteiger partial charge in [-0.1, -0.05) is 29.3 Å². The van der Waals surface area contributed by atoms with Gasteiger partial charge in [0.2, 0.25) is 5.75 Å². The monoisotopic (exact) mass is 284 g/mol. The third kappa shape index (κ3) is 2.49. The Morgan fingerprint density at radius 1 is 1.39 bits per heavy atom. The lowest BCUT2D eigenvalue weighted by Gasteiger charge is -2.08. The summed E-state index contributed by atoms with van der Waals surface area (Å²) in [6.07, 6.45) is 1.37. The van der Waals surface area contributed by atoms with Gasteiger partial charge in [-0.05, 0) is 25.1 Å². The van der Waals surface area contributed by atoms with Crippen molar-refractivity contribution in [3.8, 4) is 11.4 Å². The van der Waals surface area contributed by atoms with Crippen LogP contribution in [0.1, 0.15) is 6.92 Å². The fourth-order valence-corrected chi connectivity index (χ4v) is 1.85. The summed E-state index contributed by atoms with van der Waals surface area (Å²) in [6.45, 7) is 2.13. The summed E-state index contributed by atoms with van der Waals surface area (Å²) < 4.78 is 6.42. The fraction of sp³-hybridized carbons (Fsp3) is 0.167. The quantitative estimate of drug-likeness (QED) is 0.870. The number of aromatic nitrogens is 2. The van der Waals surface area contributed by atoms with Crippen LogP contribution >= 0.6 is 23.2 Å². The molecule has 0 amide bonds. The highest BCUT2D eigenvalue weighted by molar-refractivity contribution is 6.31. The first-order chi connectivity index (χ1) is 8.63. The minimum absolute atomic E-state index is 0.0918. The Labute approximate surface area is 114 Å². The summed E-state index contributed by atoms with van der Waals surface area (Å²) in [7, 11) is 0. The van der Waals surface area contributed by atoms with Crippen molar-refractivity contribution in [3.63, 3.8) is 0 Å². The molecular formula is C12H10Cl2N2O2. The van der Waals surface area contributed by atoms with Crippen LogP contribution in [0.4, 0.5) is 0 Å². The topological polar surface area (TPSA) is 44.1 Å². The van der Waals surface area contributed by atoms with Crippen LogP contribution in [0.15, 0.2) is 35.3 Å². The molecule has 0 unspecified atom stereocenters. The molecule has 0 radical (unpaired) electrons. The van der Waals surface area contributed by atoms with E-state index in [1.165, 1.54) is 10.9 Å². The van der Waals surface area contributed by atoms with Crippen LogP contribution < -0.4 is 10.3 Å². The van der Waals surface area contributed by atoms with E-state index in [2.05, 4.69) is 5.10 Å². The van der Waals surface area contributed by atoms with Gasteiger partial charge in [0.05, 0.1) is 18.5 Å². The second-order valence-electron chi connectivity index (χ2n) is 3.45. The molecular weight excluding hydrogens is 275 g/mol. The van der Waals surface area contributed by atoms with E-state index in [-0.39, 0.29) is 10.8 Å². The van der Waals surface area contributed by atoms with E-state index < -0.39 is 5.56 Å². The highest BCUT2D eigenvalue weighted by Gasteiger charge is 2.12. The second-order valence-corrected chi connectivity index (χ2v) is 4.30. The number of nitrogens with zero attached hydrogens (tertiary/aromatic N) is 2. The maximum absolute atomic E-state index is 12.1. The minimum atomic E-state index is -0.411. The molecule has 2 aromatic rings. The molecule has 18 heavy (non-hydrogen) atoms. The Kier molecular flexibility index (Phi) is 3.89. The molecule has 0 fully saturated rings. The van der Waals surface area contributed by atoms with Crippen LogP contribution in [0, 0.1) is 0 Å².